The average molecular weight is 313 g/mol. The molecule has 7 nitrogen and oxygen atoms in total. The van der Waals surface area contributed by atoms with Gasteiger partial charge in [0.1, 0.15) is 5.60 Å². The quantitative estimate of drug-likeness (QED) is 0.627. The molecule has 1 rings (SSSR count). The number of nitrogen functional groups attached to an aromatic ring is 1. The first-order chi connectivity index (χ1) is 9.75. The molecule has 21 heavy (non-hydrogen) atoms. The first kappa shape index (κ1) is 17.5. The van der Waals surface area contributed by atoms with E-state index in [-0.39, 0.29) is 17.7 Å². The number of carbonyl (C=O) groups is 1. The predicted molar refractivity (Wildman–Crippen MR) is 84.4 cm³/mol. The van der Waals surface area contributed by atoms with Gasteiger partial charge in [-0.05, 0) is 34.6 Å². The maximum absolute atomic E-state index is 11.7. The molecule has 1 aromatic heterocycles. The van der Waals surface area contributed by atoms with Crippen LogP contribution in [0.3, 0.4) is 0 Å². The molecule has 0 saturated heterocycles. The van der Waals surface area contributed by atoms with Gasteiger partial charge < -0.3 is 15.4 Å². The van der Waals surface area contributed by atoms with Crippen molar-refractivity contribution in [2.24, 2.45) is 0 Å². The predicted octanol–water partition coefficient (Wildman–Crippen LogP) is 1.73. The molecule has 0 radical (unpaired) electrons. The standard InChI is InChI=1S/C13H23N5O2S/c1-6-18(7-2)11-15-10(14)16-12(17-11)21-8-9(19)20-13(3,4)5/h6-8H2,1-5H3,(H2,14,15,16,17). The first-order valence-corrected chi connectivity index (χ1v) is 7.84. The van der Waals surface area contributed by atoms with Crippen molar-refractivity contribution in [3.63, 3.8) is 0 Å². The second kappa shape index (κ2) is 7.44. The molecule has 0 unspecified atom stereocenters. The van der Waals surface area contributed by atoms with Crippen molar-refractivity contribution in [3.05, 3.63) is 0 Å². The Morgan fingerprint density at radius 3 is 2.38 bits per heavy atom. The highest BCUT2D eigenvalue weighted by Gasteiger charge is 2.17. The van der Waals surface area contributed by atoms with Gasteiger partial charge in [0.2, 0.25) is 11.9 Å². The number of anilines is 2. The van der Waals surface area contributed by atoms with Gasteiger partial charge in [0.05, 0.1) is 5.75 Å². The Bertz CT molecular complexity index is 486. The van der Waals surface area contributed by atoms with Crippen LogP contribution in [0.1, 0.15) is 34.6 Å². The fraction of sp³-hybridized carbons (Fsp3) is 0.692. The highest BCUT2D eigenvalue weighted by molar-refractivity contribution is 7.99. The number of thioether (sulfide) groups is 1. The van der Waals surface area contributed by atoms with Crippen molar-refractivity contribution in [3.8, 4) is 0 Å². The SMILES string of the molecule is CCN(CC)c1nc(N)nc(SCC(=O)OC(C)(C)C)n1. The number of aromatic nitrogens is 3. The van der Waals surface area contributed by atoms with Gasteiger partial charge in [0.15, 0.2) is 5.16 Å². The van der Waals surface area contributed by atoms with Crippen LogP contribution in [-0.4, -0.2) is 45.4 Å². The van der Waals surface area contributed by atoms with E-state index in [2.05, 4.69) is 15.0 Å². The largest absolute Gasteiger partial charge is 0.459 e. The summed E-state index contributed by atoms with van der Waals surface area (Å²) in [5.41, 5.74) is 5.20. The van der Waals surface area contributed by atoms with Gasteiger partial charge in [-0.2, -0.15) is 15.0 Å². The Morgan fingerprint density at radius 1 is 1.24 bits per heavy atom. The molecule has 8 heteroatoms. The lowest BCUT2D eigenvalue weighted by molar-refractivity contribution is -0.151. The van der Waals surface area contributed by atoms with Gasteiger partial charge in [-0.25, -0.2) is 0 Å². The molecule has 1 aromatic rings. The summed E-state index contributed by atoms with van der Waals surface area (Å²) >= 11 is 1.19. The highest BCUT2D eigenvalue weighted by atomic mass is 32.2. The van der Waals surface area contributed by atoms with Crippen molar-refractivity contribution in [2.45, 2.75) is 45.4 Å². The fourth-order valence-corrected chi connectivity index (χ4v) is 2.18. The number of nitrogens with two attached hydrogens (primary N) is 1. The van der Waals surface area contributed by atoms with Crippen molar-refractivity contribution in [1.82, 2.24) is 15.0 Å². The highest BCUT2D eigenvalue weighted by Crippen LogP contribution is 2.18. The van der Waals surface area contributed by atoms with E-state index in [0.29, 0.717) is 11.1 Å². The lowest BCUT2D eigenvalue weighted by Gasteiger charge is -2.20. The molecule has 118 valence electrons. The molecule has 0 fully saturated rings. The minimum atomic E-state index is -0.498. The molecule has 2 N–H and O–H groups in total. The maximum Gasteiger partial charge on any atom is 0.316 e. The van der Waals surface area contributed by atoms with Crippen LogP contribution in [0.5, 0.6) is 0 Å². The number of esters is 1. The lowest BCUT2D eigenvalue weighted by atomic mass is 10.2. The van der Waals surface area contributed by atoms with Crippen LogP contribution in [-0.2, 0) is 9.53 Å². The van der Waals surface area contributed by atoms with Gasteiger partial charge in [-0.3, -0.25) is 4.79 Å². The Balaban J connectivity index is 2.73. The third kappa shape index (κ3) is 6.16. The van der Waals surface area contributed by atoms with Crippen LogP contribution in [0.15, 0.2) is 5.16 Å². The van der Waals surface area contributed by atoms with Crippen molar-refractivity contribution >= 4 is 29.6 Å². The molecule has 0 spiro atoms. The Morgan fingerprint density at radius 2 is 1.86 bits per heavy atom. The summed E-state index contributed by atoms with van der Waals surface area (Å²) in [6.07, 6.45) is 0. The van der Waals surface area contributed by atoms with Gasteiger partial charge >= 0.3 is 5.97 Å². The lowest BCUT2D eigenvalue weighted by Crippen LogP contribution is -2.26. The molecule has 0 aliphatic heterocycles. The number of nitrogens with zero attached hydrogens (tertiary/aromatic N) is 4. The molecular formula is C13H23N5O2S. The van der Waals surface area contributed by atoms with Crippen LogP contribution < -0.4 is 10.6 Å². The smallest absolute Gasteiger partial charge is 0.316 e. The number of hydrogen-bond donors (Lipinski definition) is 1. The molecule has 1 heterocycles. The monoisotopic (exact) mass is 313 g/mol. The summed E-state index contributed by atoms with van der Waals surface area (Å²) in [5.74, 6) is 0.506. The molecule has 0 amide bonds. The van der Waals surface area contributed by atoms with Crippen LogP contribution >= 0.6 is 11.8 Å². The first-order valence-electron chi connectivity index (χ1n) is 6.86. The number of rotatable bonds is 6. The molecule has 0 aromatic carbocycles. The maximum atomic E-state index is 11.7. The Labute approximate surface area is 129 Å². The molecule has 0 saturated carbocycles. The summed E-state index contributed by atoms with van der Waals surface area (Å²) < 4.78 is 5.24. The van der Waals surface area contributed by atoms with Crippen molar-refractivity contribution in [2.75, 3.05) is 29.5 Å². The zero-order valence-electron chi connectivity index (χ0n) is 13.2. The van der Waals surface area contributed by atoms with E-state index in [9.17, 15) is 4.79 Å². The second-order valence-electron chi connectivity index (χ2n) is 5.32. The van der Waals surface area contributed by atoms with E-state index < -0.39 is 5.60 Å². The second-order valence-corrected chi connectivity index (χ2v) is 6.27. The minimum Gasteiger partial charge on any atom is -0.459 e. The Kier molecular flexibility index (Phi) is 6.19. The molecule has 0 atom stereocenters. The molecule has 0 bridgehead atoms. The van der Waals surface area contributed by atoms with E-state index in [4.69, 9.17) is 10.5 Å². The fourth-order valence-electron chi connectivity index (χ4n) is 1.57. The molecule has 0 aliphatic carbocycles. The third-order valence-corrected chi connectivity index (χ3v) is 3.23. The number of ether oxygens (including phenoxy) is 1. The van der Waals surface area contributed by atoms with Gasteiger partial charge in [0.25, 0.3) is 0 Å². The van der Waals surface area contributed by atoms with Crippen LogP contribution in [0, 0.1) is 0 Å². The number of hydrogen-bond acceptors (Lipinski definition) is 8. The van der Waals surface area contributed by atoms with Crippen LogP contribution in [0.4, 0.5) is 11.9 Å². The summed E-state index contributed by atoms with van der Waals surface area (Å²) in [6, 6.07) is 0. The van der Waals surface area contributed by atoms with Crippen LogP contribution in [0.25, 0.3) is 0 Å². The summed E-state index contributed by atoms with van der Waals surface area (Å²) in [5, 5.41) is 0.426. The number of carbonyl (C=O) groups excluding carboxylic acids is 1. The van der Waals surface area contributed by atoms with Gasteiger partial charge in [0, 0.05) is 13.1 Å². The zero-order chi connectivity index (χ0) is 16.0. The minimum absolute atomic E-state index is 0.137. The third-order valence-electron chi connectivity index (χ3n) is 2.41. The van der Waals surface area contributed by atoms with Gasteiger partial charge in [-0.1, -0.05) is 11.8 Å². The summed E-state index contributed by atoms with van der Waals surface area (Å²) in [4.78, 5) is 26.1. The van der Waals surface area contributed by atoms with Gasteiger partial charge in [-0.15, -0.1) is 0 Å². The normalized spacial score (nSPS) is 11.3. The summed E-state index contributed by atoms with van der Waals surface area (Å²) in [6.45, 7) is 11.1. The van der Waals surface area contributed by atoms with E-state index in [0.717, 1.165) is 13.1 Å². The van der Waals surface area contributed by atoms with E-state index in [1.807, 2.05) is 39.5 Å². The van der Waals surface area contributed by atoms with Crippen LogP contribution in [0.2, 0.25) is 0 Å². The van der Waals surface area contributed by atoms with E-state index >= 15 is 0 Å². The Hall–Kier alpha value is -1.57. The molecule has 0 aliphatic rings. The van der Waals surface area contributed by atoms with E-state index in [1.165, 1.54) is 11.8 Å². The summed E-state index contributed by atoms with van der Waals surface area (Å²) in [7, 11) is 0. The topological polar surface area (TPSA) is 94.2 Å². The van der Waals surface area contributed by atoms with Crippen molar-refractivity contribution < 1.29 is 9.53 Å². The van der Waals surface area contributed by atoms with E-state index in [1.54, 1.807) is 0 Å². The molecular weight excluding hydrogens is 290 g/mol. The zero-order valence-corrected chi connectivity index (χ0v) is 14.0. The average Bonchev–Trinajstić information content (AvgIpc) is 2.35. The van der Waals surface area contributed by atoms with Crippen molar-refractivity contribution in [1.29, 1.82) is 0 Å².